The Morgan fingerprint density at radius 2 is 1.85 bits per heavy atom. The first-order chi connectivity index (χ1) is 9.51. The minimum atomic E-state index is -0.248. The van der Waals surface area contributed by atoms with E-state index in [9.17, 15) is 4.79 Å². The molecular formula is C14H12Br2N2O2. The Morgan fingerprint density at radius 1 is 1.15 bits per heavy atom. The molecule has 0 unspecified atom stereocenters. The quantitative estimate of drug-likeness (QED) is 0.765. The predicted octanol–water partition coefficient (Wildman–Crippen LogP) is 4.05. The number of carbonyl (C=O) groups excluding carboxylic acids is 1. The molecule has 0 aliphatic rings. The van der Waals surface area contributed by atoms with E-state index in [1.165, 1.54) is 0 Å². The number of ether oxygens (including phenoxy) is 1. The molecule has 0 saturated carbocycles. The topological polar surface area (TPSA) is 64.3 Å². The van der Waals surface area contributed by atoms with Gasteiger partial charge in [0, 0.05) is 14.6 Å². The molecule has 104 valence electrons. The lowest BCUT2D eigenvalue weighted by atomic mass is 10.2. The van der Waals surface area contributed by atoms with Gasteiger partial charge in [-0.3, -0.25) is 4.79 Å². The number of halogens is 2. The van der Waals surface area contributed by atoms with Gasteiger partial charge in [-0.15, -0.1) is 0 Å². The molecule has 0 fully saturated rings. The average molecular weight is 400 g/mol. The molecule has 0 aliphatic carbocycles. The number of hydrogen-bond donors (Lipinski definition) is 2. The molecule has 1 amide bonds. The smallest absolute Gasteiger partial charge is 0.256 e. The Morgan fingerprint density at radius 3 is 2.55 bits per heavy atom. The normalized spacial score (nSPS) is 10.2. The summed E-state index contributed by atoms with van der Waals surface area (Å²) in [5.74, 6) is 0.368. The van der Waals surface area contributed by atoms with Crippen LogP contribution in [0.1, 0.15) is 10.4 Å². The van der Waals surface area contributed by atoms with Crippen molar-refractivity contribution < 1.29 is 9.53 Å². The molecule has 2 aromatic rings. The highest BCUT2D eigenvalue weighted by molar-refractivity contribution is 9.11. The SMILES string of the molecule is COc1ccc(Br)c(C(=O)Nc2cc(N)ccc2Br)c1. The van der Waals surface area contributed by atoms with Crippen molar-refractivity contribution in [2.75, 3.05) is 18.2 Å². The van der Waals surface area contributed by atoms with Gasteiger partial charge in [0.25, 0.3) is 5.91 Å². The fourth-order valence-electron chi connectivity index (χ4n) is 1.63. The molecule has 6 heteroatoms. The van der Waals surface area contributed by atoms with Crippen LogP contribution in [0.2, 0.25) is 0 Å². The van der Waals surface area contributed by atoms with Gasteiger partial charge in [0.2, 0.25) is 0 Å². The van der Waals surface area contributed by atoms with E-state index in [1.807, 2.05) is 0 Å². The minimum absolute atomic E-state index is 0.248. The summed E-state index contributed by atoms with van der Waals surface area (Å²) in [6, 6.07) is 10.4. The highest BCUT2D eigenvalue weighted by Gasteiger charge is 2.13. The molecule has 0 aromatic heterocycles. The number of methoxy groups -OCH3 is 1. The molecule has 0 aliphatic heterocycles. The Labute approximate surface area is 133 Å². The van der Waals surface area contributed by atoms with E-state index in [1.54, 1.807) is 43.5 Å². The number of hydrogen-bond acceptors (Lipinski definition) is 3. The summed E-state index contributed by atoms with van der Waals surface area (Å²) in [7, 11) is 1.55. The molecular weight excluding hydrogens is 388 g/mol. The first kappa shape index (κ1) is 14.9. The Kier molecular flexibility index (Phi) is 4.67. The van der Waals surface area contributed by atoms with Crippen molar-refractivity contribution in [3.63, 3.8) is 0 Å². The summed E-state index contributed by atoms with van der Waals surface area (Å²) in [5, 5.41) is 2.81. The van der Waals surface area contributed by atoms with Crippen LogP contribution in [-0.4, -0.2) is 13.0 Å². The van der Waals surface area contributed by atoms with E-state index in [4.69, 9.17) is 10.5 Å². The van der Waals surface area contributed by atoms with Gasteiger partial charge in [-0.05, 0) is 68.3 Å². The maximum absolute atomic E-state index is 12.3. The highest BCUT2D eigenvalue weighted by atomic mass is 79.9. The number of amides is 1. The van der Waals surface area contributed by atoms with Crippen LogP contribution in [-0.2, 0) is 0 Å². The van der Waals surface area contributed by atoms with Crippen molar-refractivity contribution in [3.8, 4) is 5.75 Å². The fraction of sp³-hybridized carbons (Fsp3) is 0.0714. The molecule has 0 bridgehead atoms. The first-order valence-electron chi connectivity index (χ1n) is 5.71. The third-order valence-electron chi connectivity index (χ3n) is 2.66. The lowest BCUT2D eigenvalue weighted by Gasteiger charge is -2.10. The van der Waals surface area contributed by atoms with E-state index in [-0.39, 0.29) is 5.91 Å². The molecule has 4 nitrogen and oxygen atoms in total. The first-order valence-corrected chi connectivity index (χ1v) is 7.30. The number of anilines is 2. The van der Waals surface area contributed by atoms with Gasteiger partial charge in [0.15, 0.2) is 0 Å². The van der Waals surface area contributed by atoms with E-state index in [2.05, 4.69) is 37.2 Å². The van der Waals surface area contributed by atoms with E-state index in [0.29, 0.717) is 27.2 Å². The van der Waals surface area contributed by atoms with Crippen LogP contribution in [0.4, 0.5) is 11.4 Å². The number of carbonyl (C=O) groups is 1. The Hall–Kier alpha value is -1.53. The van der Waals surface area contributed by atoms with Crippen LogP contribution in [0.15, 0.2) is 45.3 Å². The zero-order chi connectivity index (χ0) is 14.7. The summed E-state index contributed by atoms with van der Waals surface area (Å²) in [4.78, 5) is 12.3. The van der Waals surface area contributed by atoms with Crippen LogP contribution < -0.4 is 15.8 Å². The van der Waals surface area contributed by atoms with Gasteiger partial charge >= 0.3 is 0 Å². The minimum Gasteiger partial charge on any atom is -0.497 e. The second-order valence-corrected chi connectivity index (χ2v) is 5.75. The van der Waals surface area contributed by atoms with Gasteiger partial charge in [-0.25, -0.2) is 0 Å². The molecule has 0 saturated heterocycles. The molecule has 0 atom stereocenters. The van der Waals surface area contributed by atoms with E-state index in [0.717, 1.165) is 4.47 Å². The maximum atomic E-state index is 12.3. The largest absolute Gasteiger partial charge is 0.497 e. The Bertz CT molecular complexity index is 660. The number of nitrogens with one attached hydrogen (secondary N) is 1. The van der Waals surface area contributed by atoms with Crippen molar-refractivity contribution in [3.05, 3.63) is 50.9 Å². The van der Waals surface area contributed by atoms with E-state index < -0.39 is 0 Å². The monoisotopic (exact) mass is 398 g/mol. The van der Waals surface area contributed by atoms with Crippen LogP contribution >= 0.6 is 31.9 Å². The van der Waals surface area contributed by atoms with Gasteiger partial charge in [0.1, 0.15) is 5.75 Å². The fourth-order valence-corrected chi connectivity index (χ4v) is 2.41. The van der Waals surface area contributed by atoms with Crippen molar-refractivity contribution in [1.29, 1.82) is 0 Å². The van der Waals surface area contributed by atoms with Gasteiger partial charge in [0.05, 0.1) is 18.4 Å². The summed E-state index contributed by atoms with van der Waals surface area (Å²) in [5.41, 5.74) is 7.39. The third-order valence-corrected chi connectivity index (χ3v) is 4.04. The van der Waals surface area contributed by atoms with Crippen LogP contribution in [0, 0.1) is 0 Å². The van der Waals surface area contributed by atoms with Crippen LogP contribution in [0.3, 0.4) is 0 Å². The molecule has 20 heavy (non-hydrogen) atoms. The molecule has 2 aromatic carbocycles. The number of nitrogen functional groups attached to an aromatic ring is 1. The van der Waals surface area contributed by atoms with Crippen molar-refractivity contribution in [2.24, 2.45) is 0 Å². The zero-order valence-corrected chi connectivity index (χ0v) is 13.8. The summed E-state index contributed by atoms with van der Waals surface area (Å²) in [6.07, 6.45) is 0. The van der Waals surface area contributed by atoms with Gasteiger partial charge in [-0.2, -0.15) is 0 Å². The van der Waals surface area contributed by atoms with Crippen LogP contribution in [0.25, 0.3) is 0 Å². The molecule has 0 radical (unpaired) electrons. The standard InChI is InChI=1S/C14H12Br2N2O2/c1-20-9-3-5-11(15)10(7-9)14(19)18-13-6-8(17)2-4-12(13)16/h2-7H,17H2,1H3,(H,18,19). The molecule has 0 heterocycles. The lowest BCUT2D eigenvalue weighted by molar-refractivity contribution is 0.102. The van der Waals surface area contributed by atoms with Crippen molar-refractivity contribution >= 4 is 49.1 Å². The third kappa shape index (κ3) is 3.32. The van der Waals surface area contributed by atoms with E-state index >= 15 is 0 Å². The van der Waals surface area contributed by atoms with Crippen molar-refractivity contribution in [2.45, 2.75) is 0 Å². The Balaban J connectivity index is 2.30. The number of nitrogens with two attached hydrogens (primary N) is 1. The molecule has 3 N–H and O–H groups in total. The lowest BCUT2D eigenvalue weighted by Crippen LogP contribution is -2.13. The summed E-state index contributed by atoms with van der Waals surface area (Å²) in [6.45, 7) is 0. The summed E-state index contributed by atoms with van der Waals surface area (Å²) >= 11 is 6.73. The second-order valence-electron chi connectivity index (χ2n) is 4.04. The molecule has 2 rings (SSSR count). The number of benzene rings is 2. The predicted molar refractivity (Wildman–Crippen MR) is 87.2 cm³/mol. The van der Waals surface area contributed by atoms with Crippen molar-refractivity contribution in [1.82, 2.24) is 0 Å². The highest BCUT2D eigenvalue weighted by Crippen LogP contribution is 2.27. The van der Waals surface area contributed by atoms with Gasteiger partial charge in [-0.1, -0.05) is 0 Å². The molecule has 0 spiro atoms. The van der Waals surface area contributed by atoms with Crippen LogP contribution in [0.5, 0.6) is 5.75 Å². The zero-order valence-electron chi connectivity index (χ0n) is 10.6. The second kappa shape index (κ2) is 6.28. The van der Waals surface area contributed by atoms with Gasteiger partial charge < -0.3 is 15.8 Å². The average Bonchev–Trinajstić information content (AvgIpc) is 2.43. The maximum Gasteiger partial charge on any atom is 0.256 e. The summed E-state index contributed by atoms with van der Waals surface area (Å²) < 4.78 is 6.58. The number of rotatable bonds is 3.